The first-order chi connectivity index (χ1) is 15.1. The Bertz CT molecular complexity index is 988. The fourth-order valence-corrected chi connectivity index (χ4v) is 6.88. The molecule has 1 aromatic carbocycles. The van der Waals surface area contributed by atoms with Gasteiger partial charge in [0.25, 0.3) is 0 Å². The third-order valence-corrected chi connectivity index (χ3v) is 9.48. The van der Waals surface area contributed by atoms with E-state index >= 15 is 0 Å². The number of sulfonamides is 2. The van der Waals surface area contributed by atoms with Gasteiger partial charge in [0.1, 0.15) is 0 Å². The Labute approximate surface area is 191 Å². The number of amides is 1. The molecule has 2 saturated heterocycles. The summed E-state index contributed by atoms with van der Waals surface area (Å²) in [6.45, 7) is 2.73. The predicted octanol–water partition coefficient (Wildman–Crippen LogP) is 1.08. The maximum Gasteiger partial charge on any atom is 0.243 e. The lowest BCUT2D eigenvalue weighted by atomic mass is 10.2. The highest BCUT2D eigenvalue weighted by Crippen LogP contribution is 2.22. The summed E-state index contributed by atoms with van der Waals surface area (Å²) in [4.78, 5) is 16.1. The van der Waals surface area contributed by atoms with Crippen molar-refractivity contribution in [2.75, 3.05) is 46.8 Å². The second-order valence-electron chi connectivity index (χ2n) is 8.61. The normalized spacial score (nSPS) is 21.0. The zero-order valence-electron chi connectivity index (χ0n) is 18.9. The summed E-state index contributed by atoms with van der Waals surface area (Å²) in [6.07, 6.45) is 5.09. The van der Waals surface area contributed by atoms with E-state index in [1.165, 1.54) is 28.6 Å². The summed E-state index contributed by atoms with van der Waals surface area (Å²) in [5.41, 5.74) is 0. The molecule has 2 aliphatic rings. The number of rotatable bonds is 9. The van der Waals surface area contributed by atoms with Crippen LogP contribution in [0.15, 0.2) is 34.1 Å². The molecule has 2 fully saturated rings. The van der Waals surface area contributed by atoms with Crippen molar-refractivity contribution < 1.29 is 21.6 Å². The van der Waals surface area contributed by atoms with Crippen LogP contribution in [0.5, 0.6) is 0 Å². The first kappa shape index (κ1) is 25.1. The third-order valence-electron chi connectivity index (χ3n) is 6.09. The summed E-state index contributed by atoms with van der Waals surface area (Å²) in [6, 6.07) is 5.27. The zero-order chi connectivity index (χ0) is 23.4. The van der Waals surface area contributed by atoms with Crippen LogP contribution >= 0.6 is 0 Å². The SMILES string of the molecule is CN(C)C(=O)C1CCCN1CCCNS(=O)(=O)c1ccc(S(=O)(=O)N2CCCCC2)cc1. The van der Waals surface area contributed by atoms with Gasteiger partial charge in [-0.15, -0.1) is 0 Å². The number of nitrogens with one attached hydrogen (secondary N) is 1. The number of piperidine rings is 1. The molecule has 180 valence electrons. The number of likely N-dealkylation sites (tertiary alicyclic amines) is 1. The van der Waals surface area contributed by atoms with Crippen molar-refractivity contribution >= 4 is 26.0 Å². The van der Waals surface area contributed by atoms with E-state index in [0.29, 0.717) is 26.1 Å². The van der Waals surface area contributed by atoms with Crippen molar-refractivity contribution in [2.45, 2.75) is 54.4 Å². The van der Waals surface area contributed by atoms with Gasteiger partial charge in [0, 0.05) is 40.3 Å². The van der Waals surface area contributed by atoms with Crippen molar-refractivity contribution in [1.29, 1.82) is 0 Å². The topological polar surface area (TPSA) is 107 Å². The number of likely N-dealkylation sites (N-methyl/N-ethyl adjacent to an activating group) is 1. The van der Waals surface area contributed by atoms with Gasteiger partial charge in [0.2, 0.25) is 26.0 Å². The molecule has 1 amide bonds. The number of hydrogen-bond acceptors (Lipinski definition) is 6. The van der Waals surface area contributed by atoms with Gasteiger partial charge in [-0.3, -0.25) is 9.69 Å². The van der Waals surface area contributed by atoms with Crippen molar-refractivity contribution in [3.63, 3.8) is 0 Å². The van der Waals surface area contributed by atoms with Gasteiger partial charge in [-0.2, -0.15) is 4.31 Å². The average molecular weight is 487 g/mol. The standard InChI is InChI=1S/C21H34N4O5S2/c1-23(2)21(26)20-8-6-14-24(20)15-7-13-22-31(27,28)18-9-11-19(12-10-18)32(29,30)25-16-4-3-5-17-25/h9-12,20,22H,3-8,13-17H2,1-2H3. The van der Waals surface area contributed by atoms with Crippen LogP contribution in [0.1, 0.15) is 38.5 Å². The predicted molar refractivity (Wildman–Crippen MR) is 122 cm³/mol. The first-order valence-electron chi connectivity index (χ1n) is 11.2. The highest BCUT2D eigenvalue weighted by atomic mass is 32.2. The van der Waals surface area contributed by atoms with Crippen LogP contribution in [0, 0.1) is 0 Å². The molecule has 0 radical (unpaired) electrons. The van der Waals surface area contributed by atoms with Crippen LogP contribution < -0.4 is 4.72 Å². The van der Waals surface area contributed by atoms with Gasteiger partial charge in [-0.1, -0.05) is 6.42 Å². The van der Waals surface area contributed by atoms with Crippen molar-refractivity contribution in [3.05, 3.63) is 24.3 Å². The van der Waals surface area contributed by atoms with Gasteiger partial charge in [-0.05, 0) is 62.9 Å². The van der Waals surface area contributed by atoms with Gasteiger partial charge >= 0.3 is 0 Å². The summed E-state index contributed by atoms with van der Waals surface area (Å²) < 4.78 is 54.7. The molecule has 1 N–H and O–H groups in total. The molecular weight excluding hydrogens is 452 g/mol. The third kappa shape index (κ3) is 5.88. The van der Waals surface area contributed by atoms with Crippen molar-refractivity contribution in [2.24, 2.45) is 0 Å². The molecule has 11 heteroatoms. The summed E-state index contributed by atoms with van der Waals surface area (Å²) in [5, 5.41) is 0. The van der Waals surface area contributed by atoms with E-state index in [-0.39, 0.29) is 28.3 Å². The molecule has 0 bridgehead atoms. The average Bonchev–Trinajstić information content (AvgIpc) is 3.25. The highest BCUT2D eigenvalue weighted by molar-refractivity contribution is 7.89. The van der Waals surface area contributed by atoms with Crippen LogP contribution in [0.4, 0.5) is 0 Å². The lowest BCUT2D eigenvalue weighted by molar-refractivity contribution is -0.133. The summed E-state index contributed by atoms with van der Waals surface area (Å²) >= 11 is 0. The molecule has 1 aromatic rings. The molecule has 3 rings (SSSR count). The van der Waals surface area contributed by atoms with Gasteiger partial charge in [-0.25, -0.2) is 21.6 Å². The maximum atomic E-state index is 12.7. The van der Waals surface area contributed by atoms with E-state index in [4.69, 9.17) is 0 Å². The van der Waals surface area contributed by atoms with E-state index in [2.05, 4.69) is 9.62 Å². The molecule has 0 aliphatic carbocycles. The number of benzene rings is 1. The molecule has 0 spiro atoms. The van der Waals surface area contributed by atoms with Crippen molar-refractivity contribution in [1.82, 2.24) is 18.8 Å². The molecule has 0 saturated carbocycles. The smallest absolute Gasteiger partial charge is 0.243 e. The Hall–Kier alpha value is -1.53. The lowest BCUT2D eigenvalue weighted by Gasteiger charge is -2.26. The number of hydrogen-bond donors (Lipinski definition) is 1. The van der Waals surface area contributed by atoms with Crippen molar-refractivity contribution in [3.8, 4) is 0 Å². The number of carbonyl (C=O) groups is 1. The van der Waals surface area contributed by atoms with Gasteiger partial charge < -0.3 is 4.90 Å². The van der Waals surface area contributed by atoms with Crippen LogP contribution in [0.25, 0.3) is 0 Å². The highest BCUT2D eigenvalue weighted by Gasteiger charge is 2.31. The maximum absolute atomic E-state index is 12.7. The Morgan fingerprint density at radius 1 is 0.969 bits per heavy atom. The van der Waals surface area contributed by atoms with Crippen LogP contribution in [0.3, 0.4) is 0 Å². The Morgan fingerprint density at radius 3 is 2.22 bits per heavy atom. The van der Waals surface area contributed by atoms with Gasteiger partial charge in [0.05, 0.1) is 15.8 Å². The molecule has 9 nitrogen and oxygen atoms in total. The second-order valence-corrected chi connectivity index (χ2v) is 12.3. The van der Waals surface area contributed by atoms with E-state index in [1.807, 2.05) is 0 Å². The quantitative estimate of drug-likeness (QED) is 0.524. The largest absolute Gasteiger partial charge is 0.347 e. The molecule has 1 unspecified atom stereocenters. The lowest BCUT2D eigenvalue weighted by Crippen LogP contribution is -2.43. The van der Waals surface area contributed by atoms with Crippen LogP contribution in [-0.2, 0) is 24.8 Å². The van der Waals surface area contributed by atoms with Crippen LogP contribution in [-0.4, -0.2) is 89.7 Å². The first-order valence-corrected chi connectivity index (χ1v) is 14.1. The molecule has 2 heterocycles. The van der Waals surface area contributed by atoms with E-state index in [0.717, 1.165) is 38.6 Å². The Kier molecular flexibility index (Phi) is 8.31. The zero-order valence-corrected chi connectivity index (χ0v) is 20.5. The minimum Gasteiger partial charge on any atom is -0.347 e. The number of nitrogens with zero attached hydrogens (tertiary/aromatic N) is 3. The van der Waals surface area contributed by atoms with Gasteiger partial charge in [0.15, 0.2) is 0 Å². The Morgan fingerprint density at radius 2 is 1.59 bits per heavy atom. The second kappa shape index (κ2) is 10.6. The minimum absolute atomic E-state index is 0.0388. The molecule has 2 aliphatic heterocycles. The molecule has 0 aromatic heterocycles. The Balaban J connectivity index is 1.54. The van der Waals surface area contributed by atoms with E-state index in [1.54, 1.807) is 19.0 Å². The monoisotopic (exact) mass is 486 g/mol. The fraction of sp³-hybridized carbons (Fsp3) is 0.667. The summed E-state index contributed by atoms with van der Waals surface area (Å²) in [5.74, 6) is 0.0858. The molecular formula is C21H34N4O5S2. The minimum atomic E-state index is -3.74. The fourth-order valence-electron chi connectivity index (χ4n) is 4.29. The number of carbonyl (C=O) groups excluding carboxylic acids is 1. The van der Waals surface area contributed by atoms with E-state index in [9.17, 15) is 21.6 Å². The molecule has 32 heavy (non-hydrogen) atoms. The summed E-state index contributed by atoms with van der Waals surface area (Å²) in [7, 11) is -3.84. The molecule has 1 atom stereocenters. The van der Waals surface area contributed by atoms with E-state index < -0.39 is 20.0 Å². The van der Waals surface area contributed by atoms with Crippen LogP contribution in [0.2, 0.25) is 0 Å².